The van der Waals surface area contributed by atoms with Crippen LogP contribution < -0.4 is 15.9 Å². The van der Waals surface area contributed by atoms with Crippen LogP contribution in [0.15, 0.2) is 138 Å². The van der Waals surface area contributed by atoms with Crippen molar-refractivity contribution in [1.29, 1.82) is 0 Å². The average molecular weight is 611 g/mol. The number of hydrogen-bond acceptors (Lipinski definition) is 5. The van der Waals surface area contributed by atoms with Crippen LogP contribution in [0.1, 0.15) is 22.3 Å². The molecule has 0 radical (unpaired) electrons. The number of benzene rings is 5. The fourth-order valence-corrected chi connectivity index (χ4v) is 6.28. The summed E-state index contributed by atoms with van der Waals surface area (Å²) < 4.78 is 8.76. The maximum absolute atomic E-state index is 13.5. The number of carbonyl (C=O) groups is 1. The Bertz CT molecular complexity index is 1900. The zero-order valence-corrected chi connectivity index (χ0v) is 26.6. The molecule has 1 aromatic heterocycles. The Labute approximate surface area is 269 Å². The molecule has 6 rings (SSSR count). The molecule has 0 bridgehead atoms. The van der Waals surface area contributed by atoms with Gasteiger partial charge in [-0.15, -0.1) is 0 Å². The van der Waals surface area contributed by atoms with Gasteiger partial charge in [-0.25, -0.2) is 4.79 Å². The number of anilines is 1. The molecule has 232 valence electrons. The molecule has 1 heterocycles. The first-order valence-electron chi connectivity index (χ1n) is 15.3. The highest BCUT2D eigenvalue weighted by Crippen LogP contribution is 2.37. The number of rotatable bonds is 10. The maximum Gasteiger partial charge on any atom is 0.333 e. The number of hydrogen-bond donors (Lipinski definition) is 1. The lowest BCUT2D eigenvalue weighted by Gasteiger charge is -2.39. The zero-order valence-electron chi connectivity index (χ0n) is 26.6. The topological polar surface area (TPSA) is 68.5 Å². The van der Waals surface area contributed by atoms with Crippen molar-refractivity contribution in [2.75, 3.05) is 26.1 Å². The summed E-state index contributed by atoms with van der Waals surface area (Å²) >= 11 is 0. The molecule has 0 amide bonds. The quantitative estimate of drug-likeness (QED) is 0.151. The molecule has 0 saturated heterocycles. The van der Waals surface area contributed by atoms with Gasteiger partial charge in [0.1, 0.15) is 6.04 Å². The predicted molar refractivity (Wildman–Crippen MR) is 185 cm³/mol. The first kappa shape index (κ1) is 30.6. The Kier molecular flexibility index (Phi) is 8.59. The van der Waals surface area contributed by atoms with Crippen LogP contribution in [-0.4, -0.2) is 42.4 Å². The molecule has 0 aliphatic carbocycles. The summed E-state index contributed by atoms with van der Waals surface area (Å²) in [5.74, 6) is -0.363. The van der Waals surface area contributed by atoms with Crippen molar-refractivity contribution in [2.24, 2.45) is 7.05 Å². The van der Waals surface area contributed by atoms with E-state index in [-0.39, 0.29) is 11.7 Å². The second kappa shape index (κ2) is 12.9. The number of nitrogens with zero attached hydrogens (tertiary/aromatic N) is 3. The summed E-state index contributed by atoms with van der Waals surface area (Å²) in [6.45, 7) is 0. The highest BCUT2D eigenvalue weighted by molar-refractivity contribution is 5.82. The van der Waals surface area contributed by atoms with Crippen LogP contribution in [0.3, 0.4) is 0 Å². The number of esters is 1. The van der Waals surface area contributed by atoms with Crippen LogP contribution in [0.4, 0.5) is 5.69 Å². The van der Waals surface area contributed by atoms with Gasteiger partial charge < -0.3 is 9.64 Å². The molecule has 1 N–H and O–H groups in total. The molecule has 46 heavy (non-hydrogen) atoms. The molecule has 0 spiro atoms. The molecule has 6 aromatic rings. The molecule has 0 saturated carbocycles. The Balaban J connectivity index is 1.40. The third-order valence-corrected chi connectivity index (χ3v) is 8.69. The number of imidazole rings is 1. The highest BCUT2D eigenvalue weighted by atomic mass is 16.5. The summed E-state index contributed by atoms with van der Waals surface area (Å²) in [5, 5.41) is 3.78. The number of ether oxygens (including phenoxy) is 1. The third-order valence-electron chi connectivity index (χ3n) is 8.69. The summed E-state index contributed by atoms with van der Waals surface area (Å²) in [4.78, 5) is 28.9. The number of carbonyl (C=O) groups excluding carboxylic acids is 1. The first-order valence-corrected chi connectivity index (χ1v) is 15.3. The van der Waals surface area contributed by atoms with E-state index in [0.29, 0.717) is 6.42 Å². The maximum atomic E-state index is 13.5. The molecule has 5 aromatic carbocycles. The van der Waals surface area contributed by atoms with E-state index in [1.807, 2.05) is 116 Å². The van der Waals surface area contributed by atoms with Gasteiger partial charge in [-0.1, -0.05) is 103 Å². The van der Waals surface area contributed by atoms with E-state index in [0.717, 1.165) is 44.7 Å². The average Bonchev–Trinajstić information content (AvgIpc) is 3.36. The van der Waals surface area contributed by atoms with Crippen LogP contribution in [-0.2, 0) is 28.5 Å². The van der Waals surface area contributed by atoms with Crippen molar-refractivity contribution in [2.45, 2.75) is 18.0 Å². The molecule has 7 nitrogen and oxygen atoms in total. The minimum atomic E-state index is -0.843. The van der Waals surface area contributed by atoms with E-state index in [1.165, 1.54) is 7.11 Å². The molecule has 0 aliphatic heterocycles. The van der Waals surface area contributed by atoms with Gasteiger partial charge in [0.15, 0.2) is 0 Å². The van der Waals surface area contributed by atoms with Crippen LogP contribution in [0.25, 0.3) is 16.7 Å². The number of methoxy groups -OCH3 is 1. The summed E-state index contributed by atoms with van der Waals surface area (Å²) in [5.41, 5.74) is 6.45. The first-order chi connectivity index (χ1) is 22.3. The van der Waals surface area contributed by atoms with Gasteiger partial charge in [-0.2, -0.15) is 0 Å². The van der Waals surface area contributed by atoms with Crippen molar-refractivity contribution >= 4 is 22.7 Å². The minimum Gasteiger partial charge on any atom is -0.468 e. The summed E-state index contributed by atoms with van der Waals surface area (Å²) in [7, 11) is 7.17. The second-order valence-corrected chi connectivity index (χ2v) is 11.7. The van der Waals surface area contributed by atoms with Gasteiger partial charge in [-0.3, -0.25) is 19.2 Å². The van der Waals surface area contributed by atoms with Gasteiger partial charge in [-0.05, 0) is 59.0 Å². The largest absolute Gasteiger partial charge is 0.468 e. The number of aromatic nitrogens is 2. The Morgan fingerprint density at radius 1 is 0.761 bits per heavy atom. The monoisotopic (exact) mass is 610 g/mol. The summed E-state index contributed by atoms with van der Waals surface area (Å²) in [6.07, 6.45) is 0.373. The Morgan fingerprint density at radius 3 is 1.76 bits per heavy atom. The lowest BCUT2D eigenvalue weighted by atomic mass is 9.76. The molecule has 1 atom stereocenters. The molecular weight excluding hydrogens is 572 g/mol. The number of aryl methyl sites for hydroxylation is 1. The van der Waals surface area contributed by atoms with E-state index in [4.69, 9.17) is 4.74 Å². The summed E-state index contributed by atoms with van der Waals surface area (Å²) in [6, 6.07) is 43.7. The van der Waals surface area contributed by atoms with E-state index >= 15 is 0 Å². The number of fused-ring (bicyclic) bond motifs is 1. The minimum absolute atomic E-state index is 0.119. The number of nitrogens with one attached hydrogen (secondary N) is 1. The van der Waals surface area contributed by atoms with E-state index in [2.05, 4.69) is 41.7 Å². The van der Waals surface area contributed by atoms with Gasteiger partial charge in [0.2, 0.25) is 0 Å². The second-order valence-electron chi connectivity index (χ2n) is 11.7. The zero-order chi connectivity index (χ0) is 32.3. The normalized spacial score (nSPS) is 12.2. The predicted octanol–water partition coefficient (Wildman–Crippen LogP) is 6.06. The molecular formula is C39H38N4O3. The van der Waals surface area contributed by atoms with Crippen LogP contribution in [0.5, 0.6) is 0 Å². The van der Waals surface area contributed by atoms with Crippen molar-refractivity contribution in [3.63, 3.8) is 0 Å². The standard InChI is InChI=1S/C39H38N4O3/c1-41(2)33-24-25-35-36(27-33)42(3)38(45)43(35)32-22-20-28(21-23-32)26-34(37(44)46-4)40-39(29-14-8-5-9-15-29,30-16-10-6-11-17-30)31-18-12-7-13-19-31/h5-25,27,34,40H,26H2,1-4H3/t34-/m0/s1. The van der Waals surface area contributed by atoms with Gasteiger partial charge >= 0.3 is 11.7 Å². The van der Waals surface area contributed by atoms with Crippen LogP contribution >= 0.6 is 0 Å². The van der Waals surface area contributed by atoms with Crippen LogP contribution in [0.2, 0.25) is 0 Å². The van der Waals surface area contributed by atoms with Gasteiger partial charge in [0, 0.05) is 26.8 Å². The molecule has 0 aliphatic rings. The highest BCUT2D eigenvalue weighted by Gasteiger charge is 2.40. The fraction of sp³-hybridized carbons (Fsp3) is 0.179. The Hall–Kier alpha value is -5.40. The molecule has 0 fully saturated rings. The molecule has 0 unspecified atom stereocenters. The fourth-order valence-electron chi connectivity index (χ4n) is 6.28. The SMILES string of the molecule is COC(=O)[C@H](Cc1ccc(-n2c(=O)n(C)c3cc(N(C)C)ccc32)cc1)NC(c1ccccc1)(c1ccccc1)c1ccccc1. The van der Waals surface area contributed by atoms with Crippen molar-refractivity contribution in [3.05, 3.63) is 166 Å². The third kappa shape index (κ3) is 5.61. The van der Waals surface area contributed by atoms with E-state index in [9.17, 15) is 9.59 Å². The van der Waals surface area contributed by atoms with E-state index < -0.39 is 11.6 Å². The molecule has 7 heteroatoms. The van der Waals surface area contributed by atoms with E-state index in [1.54, 1.807) is 16.2 Å². The van der Waals surface area contributed by atoms with Crippen molar-refractivity contribution in [3.8, 4) is 5.69 Å². The lowest BCUT2D eigenvalue weighted by Crippen LogP contribution is -2.53. The lowest BCUT2D eigenvalue weighted by molar-refractivity contribution is -0.143. The van der Waals surface area contributed by atoms with Crippen molar-refractivity contribution in [1.82, 2.24) is 14.5 Å². The van der Waals surface area contributed by atoms with Crippen LogP contribution in [0, 0.1) is 0 Å². The Morgan fingerprint density at radius 2 is 1.28 bits per heavy atom. The van der Waals surface area contributed by atoms with Gasteiger partial charge in [0.25, 0.3) is 0 Å². The van der Waals surface area contributed by atoms with Crippen molar-refractivity contribution < 1.29 is 9.53 Å². The van der Waals surface area contributed by atoms with Gasteiger partial charge in [0.05, 0.1) is 29.4 Å². The smallest absolute Gasteiger partial charge is 0.333 e.